The van der Waals surface area contributed by atoms with Gasteiger partial charge in [0.05, 0.1) is 39.0 Å². The summed E-state index contributed by atoms with van der Waals surface area (Å²) in [7, 11) is 1.29. The molecule has 46 heavy (non-hydrogen) atoms. The molecule has 250 valence electrons. The first-order valence-corrected chi connectivity index (χ1v) is 16.5. The number of nitrogens with one attached hydrogen (secondary N) is 1. The number of sulfonamides is 1. The fourth-order valence-electron chi connectivity index (χ4n) is 4.79. The molecule has 13 heteroatoms. The number of carbonyl (C=O) groups is 2. The van der Waals surface area contributed by atoms with Crippen molar-refractivity contribution in [1.82, 2.24) is 10.2 Å². The maximum atomic E-state index is 14.4. The van der Waals surface area contributed by atoms with E-state index in [2.05, 4.69) is 5.32 Å². The minimum absolute atomic E-state index is 0.0145. The number of nitrogens with zero attached hydrogens (tertiary/aromatic N) is 2. The molecule has 0 fully saturated rings. The predicted octanol–water partition coefficient (Wildman–Crippen LogP) is 5.15. The Hall–Kier alpha value is -4.16. The summed E-state index contributed by atoms with van der Waals surface area (Å²) < 4.78 is 51.2. The molecule has 0 saturated carbocycles. The van der Waals surface area contributed by atoms with E-state index in [1.807, 2.05) is 13.8 Å². The van der Waals surface area contributed by atoms with Gasteiger partial charge in [0.1, 0.15) is 24.1 Å². The molecule has 11 nitrogen and oxygen atoms in total. The standard InChI is InChI=1S/C33H42ClN3O8S/c1-8-27(33(39)35-19-22(2)3)36(20-23-10-9-11-25(16-23)42-4)32(38)21-37(28-17-24(34)12-14-29(28)43-5)46(40,41)26-13-15-30(44-6)31(18-26)45-7/h9-18,22,27H,8,19-21H2,1-7H3,(H,35,39)/t27-/m0/s1. The lowest BCUT2D eigenvalue weighted by atomic mass is 10.1. The van der Waals surface area contributed by atoms with Crippen LogP contribution in [0.4, 0.5) is 5.69 Å². The second kappa shape index (κ2) is 16.4. The van der Waals surface area contributed by atoms with Gasteiger partial charge < -0.3 is 29.2 Å². The second-order valence-electron chi connectivity index (χ2n) is 10.8. The SMILES string of the molecule is CC[C@@H](C(=O)NCC(C)C)N(Cc1cccc(OC)c1)C(=O)CN(c1cc(Cl)ccc1OC)S(=O)(=O)c1ccc(OC)c(OC)c1. The summed E-state index contributed by atoms with van der Waals surface area (Å²) in [6.45, 7) is 5.48. The first-order valence-electron chi connectivity index (χ1n) is 14.7. The third kappa shape index (κ3) is 8.76. The van der Waals surface area contributed by atoms with Crippen LogP contribution in [0.3, 0.4) is 0 Å². The van der Waals surface area contributed by atoms with Crippen molar-refractivity contribution in [2.45, 2.75) is 44.7 Å². The summed E-state index contributed by atoms with van der Waals surface area (Å²) in [5, 5.41) is 3.14. The fraction of sp³-hybridized carbons (Fsp3) is 0.394. The van der Waals surface area contributed by atoms with Gasteiger partial charge in [-0.3, -0.25) is 13.9 Å². The fourth-order valence-corrected chi connectivity index (χ4v) is 6.38. The molecule has 0 aliphatic heterocycles. The van der Waals surface area contributed by atoms with Gasteiger partial charge in [-0.25, -0.2) is 8.42 Å². The van der Waals surface area contributed by atoms with E-state index in [0.29, 0.717) is 23.6 Å². The second-order valence-corrected chi connectivity index (χ2v) is 13.1. The third-order valence-corrected chi connectivity index (χ3v) is 9.18. The molecule has 3 aromatic rings. The van der Waals surface area contributed by atoms with Crippen molar-refractivity contribution in [3.63, 3.8) is 0 Å². The van der Waals surface area contributed by atoms with E-state index < -0.39 is 28.5 Å². The van der Waals surface area contributed by atoms with E-state index in [1.54, 1.807) is 37.3 Å². The number of rotatable bonds is 16. The summed E-state index contributed by atoms with van der Waals surface area (Å²) in [5.74, 6) is 0.460. The highest BCUT2D eigenvalue weighted by Gasteiger charge is 2.35. The van der Waals surface area contributed by atoms with E-state index in [1.165, 1.54) is 63.7 Å². The molecule has 0 radical (unpaired) electrons. The van der Waals surface area contributed by atoms with Gasteiger partial charge in [0, 0.05) is 24.2 Å². The van der Waals surface area contributed by atoms with Crippen molar-refractivity contribution in [3.05, 3.63) is 71.2 Å². The molecule has 0 aliphatic rings. The Morgan fingerprint density at radius 1 is 0.870 bits per heavy atom. The molecule has 1 N–H and O–H groups in total. The van der Waals surface area contributed by atoms with Gasteiger partial charge in [-0.15, -0.1) is 0 Å². The number of hydrogen-bond donors (Lipinski definition) is 1. The molecule has 0 saturated heterocycles. The van der Waals surface area contributed by atoms with E-state index >= 15 is 0 Å². The Bertz CT molecular complexity index is 1620. The average Bonchev–Trinajstić information content (AvgIpc) is 3.05. The van der Waals surface area contributed by atoms with Crippen LogP contribution in [0.1, 0.15) is 32.8 Å². The summed E-state index contributed by atoms with van der Waals surface area (Å²) in [4.78, 5) is 29.1. The van der Waals surface area contributed by atoms with Gasteiger partial charge in [-0.2, -0.15) is 0 Å². The van der Waals surface area contributed by atoms with E-state index in [0.717, 1.165) is 4.31 Å². The molecule has 0 aliphatic carbocycles. The van der Waals surface area contributed by atoms with Gasteiger partial charge in [0.2, 0.25) is 11.8 Å². The van der Waals surface area contributed by atoms with Crippen molar-refractivity contribution < 1.29 is 37.0 Å². The third-order valence-electron chi connectivity index (χ3n) is 7.19. The van der Waals surface area contributed by atoms with E-state index in [-0.39, 0.29) is 51.9 Å². The number of carbonyl (C=O) groups excluding carboxylic acids is 2. The summed E-state index contributed by atoms with van der Waals surface area (Å²) >= 11 is 6.34. The Labute approximate surface area is 276 Å². The Morgan fingerprint density at radius 2 is 1.54 bits per heavy atom. The van der Waals surface area contributed by atoms with Gasteiger partial charge >= 0.3 is 0 Å². The minimum atomic E-state index is -4.46. The summed E-state index contributed by atoms with van der Waals surface area (Å²) in [6.07, 6.45) is 0.280. The maximum Gasteiger partial charge on any atom is 0.265 e. The highest BCUT2D eigenvalue weighted by molar-refractivity contribution is 7.92. The normalized spacial score (nSPS) is 11.8. The lowest BCUT2D eigenvalue weighted by Gasteiger charge is -2.33. The van der Waals surface area contributed by atoms with Crippen LogP contribution in [0.25, 0.3) is 0 Å². The maximum absolute atomic E-state index is 14.4. The van der Waals surface area contributed by atoms with Crippen molar-refractivity contribution in [2.24, 2.45) is 5.92 Å². The molecule has 0 aromatic heterocycles. The quantitative estimate of drug-likeness (QED) is 0.221. The van der Waals surface area contributed by atoms with Crippen LogP contribution in [-0.4, -0.2) is 72.7 Å². The van der Waals surface area contributed by atoms with Crippen LogP contribution < -0.4 is 28.6 Å². The Morgan fingerprint density at radius 3 is 2.15 bits per heavy atom. The van der Waals surface area contributed by atoms with E-state index in [9.17, 15) is 18.0 Å². The molecular formula is C33H42ClN3O8S. The average molecular weight is 676 g/mol. The van der Waals surface area contributed by atoms with Crippen LogP contribution in [0.5, 0.6) is 23.0 Å². The smallest absolute Gasteiger partial charge is 0.265 e. The summed E-state index contributed by atoms with van der Waals surface area (Å²) in [6, 6.07) is 14.8. The zero-order chi connectivity index (χ0) is 34.0. The van der Waals surface area contributed by atoms with Crippen LogP contribution >= 0.6 is 11.6 Å². The number of hydrogen-bond acceptors (Lipinski definition) is 8. The predicted molar refractivity (Wildman–Crippen MR) is 178 cm³/mol. The number of halogens is 1. The molecular weight excluding hydrogens is 634 g/mol. The highest BCUT2D eigenvalue weighted by atomic mass is 35.5. The topological polar surface area (TPSA) is 124 Å². The minimum Gasteiger partial charge on any atom is -0.497 e. The van der Waals surface area contributed by atoms with Gasteiger partial charge in [0.15, 0.2) is 11.5 Å². The Balaban J connectivity index is 2.17. The first-order chi connectivity index (χ1) is 21.9. The number of ether oxygens (including phenoxy) is 4. The summed E-state index contributed by atoms with van der Waals surface area (Å²) in [5.41, 5.74) is 0.731. The molecule has 0 unspecified atom stereocenters. The number of benzene rings is 3. The zero-order valence-corrected chi connectivity index (χ0v) is 28.8. The van der Waals surface area contributed by atoms with Gasteiger partial charge in [0.25, 0.3) is 10.0 Å². The number of methoxy groups -OCH3 is 4. The van der Waals surface area contributed by atoms with Gasteiger partial charge in [-0.05, 0) is 60.4 Å². The first kappa shape index (κ1) is 36.3. The highest BCUT2D eigenvalue weighted by Crippen LogP contribution is 2.37. The van der Waals surface area contributed by atoms with E-state index in [4.69, 9.17) is 30.5 Å². The molecule has 3 aromatic carbocycles. The monoisotopic (exact) mass is 675 g/mol. The molecule has 2 amide bonds. The van der Waals surface area contributed by atoms with Crippen molar-refractivity contribution in [1.29, 1.82) is 0 Å². The lowest BCUT2D eigenvalue weighted by molar-refractivity contribution is -0.140. The van der Waals surface area contributed by atoms with Crippen LogP contribution in [0.15, 0.2) is 65.6 Å². The van der Waals surface area contributed by atoms with Crippen LogP contribution in [0.2, 0.25) is 5.02 Å². The molecule has 0 spiro atoms. The van der Waals surface area contributed by atoms with Crippen molar-refractivity contribution in [2.75, 3.05) is 45.8 Å². The zero-order valence-electron chi connectivity index (χ0n) is 27.2. The number of anilines is 1. The van der Waals surface area contributed by atoms with Crippen molar-refractivity contribution >= 4 is 39.1 Å². The Kier molecular flexibility index (Phi) is 13.0. The molecule has 0 bridgehead atoms. The van der Waals surface area contributed by atoms with Crippen molar-refractivity contribution in [3.8, 4) is 23.0 Å². The lowest BCUT2D eigenvalue weighted by Crippen LogP contribution is -2.52. The largest absolute Gasteiger partial charge is 0.497 e. The van der Waals surface area contributed by atoms with Crippen LogP contribution in [0, 0.1) is 5.92 Å². The van der Waals surface area contributed by atoms with Gasteiger partial charge in [-0.1, -0.05) is 44.5 Å². The molecule has 3 rings (SSSR count). The molecule has 0 heterocycles. The number of amides is 2. The molecule has 1 atom stereocenters. The van der Waals surface area contributed by atoms with Crippen LogP contribution in [-0.2, 0) is 26.2 Å².